The van der Waals surface area contributed by atoms with Gasteiger partial charge in [0.1, 0.15) is 36.6 Å². The van der Waals surface area contributed by atoms with Crippen molar-refractivity contribution in [2.24, 2.45) is 0 Å². The van der Waals surface area contributed by atoms with Crippen LogP contribution in [0.2, 0.25) is 0 Å². The molecule has 0 aromatic carbocycles. The Labute approximate surface area is 423 Å². The molecule has 0 aromatic heterocycles. The highest BCUT2D eigenvalue weighted by Crippen LogP contribution is 2.23. The van der Waals surface area contributed by atoms with Crippen LogP contribution in [0.4, 0.5) is 0 Å². The van der Waals surface area contributed by atoms with E-state index >= 15 is 0 Å². The zero-order valence-corrected chi connectivity index (χ0v) is 44.6. The molecule has 0 aliphatic carbocycles. The van der Waals surface area contributed by atoms with Crippen molar-refractivity contribution in [3.05, 3.63) is 24.3 Å². The topological polar surface area (TPSA) is 189 Å². The Balaban J connectivity index is 2.25. The third-order valence-corrected chi connectivity index (χ3v) is 14.3. The fourth-order valence-electron chi connectivity index (χ4n) is 9.49. The third kappa shape index (κ3) is 36.2. The summed E-state index contributed by atoms with van der Waals surface area (Å²) in [5.74, 6) is -0.706. The van der Waals surface area contributed by atoms with E-state index in [4.69, 9.17) is 9.47 Å². The molecule has 1 amide bonds. The lowest BCUT2D eigenvalue weighted by Gasteiger charge is -2.40. The molecule has 0 spiro atoms. The molecule has 9 atom stereocenters. The van der Waals surface area contributed by atoms with E-state index in [1.54, 1.807) is 0 Å². The van der Waals surface area contributed by atoms with Crippen LogP contribution < -0.4 is 5.32 Å². The van der Waals surface area contributed by atoms with Crippen LogP contribution in [0.3, 0.4) is 0 Å². The Kier molecular flexibility index (Phi) is 45.2. The van der Waals surface area contributed by atoms with Gasteiger partial charge in [-0.15, -0.1) is 0 Å². The highest BCUT2D eigenvalue weighted by atomic mass is 16.7. The minimum absolute atomic E-state index is 0.243. The molecule has 0 bridgehead atoms. The van der Waals surface area contributed by atoms with Crippen LogP contribution in [0.15, 0.2) is 24.3 Å². The number of ether oxygens (including phenoxy) is 2. The number of rotatable bonds is 50. The maximum absolute atomic E-state index is 13.1. The first kappa shape index (κ1) is 65.6. The molecule has 1 saturated heterocycles. The van der Waals surface area contributed by atoms with Gasteiger partial charge in [-0.05, 0) is 38.5 Å². The zero-order valence-electron chi connectivity index (χ0n) is 44.6. The molecule has 0 saturated carbocycles. The van der Waals surface area contributed by atoms with Crippen molar-refractivity contribution in [1.82, 2.24) is 5.32 Å². The van der Waals surface area contributed by atoms with Gasteiger partial charge in [-0.3, -0.25) is 4.79 Å². The second kappa shape index (κ2) is 47.6. The molecule has 1 heterocycles. The molecule has 9 unspecified atom stereocenters. The minimum atomic E-state index is -1.66. The number of nitrogens with one attached hydrogen (secondary N) is 1. The Hall–Kier alpha value is -1.41. The lowest BCUT2D eigenvalue weighted by atomic mass is 9.98. The van der Waals surface area contributed by atoms with Gasteiger partial charge < -0.3 is 50.5 Å². The summed E-state index contributed by atoms with van der Waals surface area (Å²) >= 11 is 0. The first-order valence-corrected chi connectivity index (χ1v) is 29.3. The SMILES string of the molecule is CCCCC/C=C\C=C/CCCCCCCC(O)C(=O)NC(COC1OC(CO)C(O)C(O)C1O)C(O)C(O)CCCCCCCCCCCCCCCCCCCCCCCCCCCCCC. The van der Waals surface area contributed by atoms with E-state index in [2.05, 4.69) is 43.5 Å². The summed E-state index contributed by atoms with van der Waals surface area (Å²) in [6.45, 7) is 3.44. The van der Waals surface area contributed by atoms with E-state index in [9.17, 15) is 40.5 Å². The standard InChI is InChI=1S/C58H111NO10/c1-3-5-7-9-11-13-15-17-19-20-21-22-23-24-25-26-27-28-29-30-31-32-34-35-37-39-41-43-45-50(61)53(63)49(48-68-58-56(66)55(65)54(64)52(47-60)69-58)59-57(67)51(62)46-44-42-40-38-36-33-18-16-14-12-10-8-6-4-2/h12,14,16,18,49-56,58,60-66H,3-11,13,15,17,19-48H2,1-2H3,(H,59,67)/b14-12-,18-16-. The van der Waals surface area contributed by atoms with Crippen molar-refractivity contribution >= 4 is 5.91 Å². The highest BCUT2D eigenvalue weighted by molar-refractivity contribution is 5.80. The van der Waals surface area contributed by atoms with Crippen LogP contribution in [-0.2, 0) is 14.3 Å². The zero-order chi connectivity index (χ0) is 50.4. The summed E-state index contributed by atoms with van der Waals surface area (Å²) in [7, 11) is 0. The Morgan fingerprint density at radius 3 is 1.29 bits per heavy atom. The lowest BCUT2D eigenvalue weighted by molar-refractivity contribution is -0.303. The van der Waals surface area contributed by atoms with Crippen molar-refractivity contribution < 1.29 is 50.0 Å². The maximum atomic E-state index is 13.1. The van der Waals surface area contributed by atoms with Gasteiger partial charge in [0, 0.05) is 0 Å². The number of unbranched alkanes of at least 4 members (excludes halogenated alkanes) is 35. The van der Waals surface area contributed by atoms with E-state index in [0.29, 0.717) is 19.3 Å². The first-order valence-electron chi connectivity index (χ1n) is 29.3. The number of hydrogen-bond acceptors (Lipinski definition) is 10. The molecule has 11 nitrogen and oxygen atoms in total. The van der Waals surface area contributed by atoms with Crippen LogP contribution in [-0.4, -0.2) is 110 Å². The summed E-state index contributed by atoms with van der Waals surface area (Å²) < 4.78 is 11.1. The third-order valence-electron chi connectivity index (χ3n) is 14.3. The summed E-state index contributed by atoms with van der Waals surface area (Å²) in [6, 6.07) is -1.17. The van der Waals surface area contributed by atoms with Gasteiger partial charge in [0.05, 0.1) is 25.4 Å². The lowest BCUT2D eigenvalue weighted by Crippen LogP contribution is -2.60. The van der Waals surface area contributed by atoms with Crippen molar-refractivity contribution in [3.8, 4) is 0 Å². The predicted molar refractivity (Wildman–Crippen MR) is 284 cm³/mol. The Morgan fingerprint density at radius 1 is 0.507 bits per heavy atom. The number of aliphatic hydroxyl groups is 7. The fourth-order valence-corrected chi connectivity index (χ4v) is 9.49. The number of aliphatic hydroxyl groups excluding tert-OH is 7. The first-order chi connectivity index (χ1) is 33.7. The van der Waals surface area contributed by atoms with Crippen LogP contribution in [0.25, 0.3) is 0 Å². The molecule has 408 valence electrons. The number of hydrogen-bond donors (Lipinski definition) is 8. The summed E-state index contributed by atoms with van der Waals surface area (Å²) in [4.78, 5) is 13.1. The van der Waals surface area contributed by atoms with Crippen molar-refractivity contribution in [2.75, 3.05) is 13.2 Å². The normalized spacial score (nSPS) is 20.5. The predicted octanol–water partition coefficient (Wildman–Crippen LogP) is 12.1. The van der Waals surface area contributed by atoms with E-state index in [-0.39, 0.29) is 6.42 Å². The number of carbonyl (C=O) groups excluding carboxylic acids is 1. The second-order valence-electron chi connectivity index (χ2n) is 20.8. The largest absolute Gasteiger partial charge is 0.394 e. The smallest absolute Gasteiger partial charge is 0.249 e. The van der Waals surface area contributed by atoms with Gasteiger partial charge in [0.15, 0.2) is 6.29 Å². The van der Waals surface area contributed by atoms with Crippen LogP contribution in [0, 0.1) is 0 Å². The van der Waals surface area contributed by atoms with Gasteiger partial charge in [-0.1, -0.05) is 256 Å². The molecule has 1 rings (SSSR count). The number of carbonyl (C=O) groups is 1. The van der Waals surface area contributed by atoms with Gasteiger partial charge in [0.2, 0.25) is 5.91 Å². The monoisotopic (exact) mass is 982 g/mol. The fraction of sp³-hybridized carbons (Fsp3) is 0.914. The average molecular weight is 983 g/mol. The highest BCUT2D eigenvalue weighted by Gasteiger charge is 2.44. The summed E-state index contributed by atoms with van der Waals surface area (Å²) in [6.07, 6.45) is 45.3. The van der Waals surface area contributed by atoms with Gasteiger partial charge in [0.25, 0.3) is 0 Å². The average Bonchev–Trinajstić information content (AvgIpc) is 3.35. The van der Waals surface area contributed by atoms with E-state index in [1.165, 1.54) is 173 Å². The molecular weight excluding hydrogens is 871 g/mol. The molecule has 0 aromatic rings. The quantitative estimate of drug-likeness (QED) is 0.0215. The maximum Gasteiger partial charge on any atom is 0.249 e. The molecule has 1 aliphatic heterocycles. The molecule has 1 aliphatic rings. The van der Waals surface area contributed by atoms with Gasteiger partial charge in [-0.25, -0.2) is 0 Å². The molecule has 11 heteroatoms. The number of allylic oxidation sites excluding steroid dienone is 4. The Bertz CT molecular complexity index is 1170. The van der Waals surface area contributed by atoms with E-state index in [1.807, 2.05) is 0 Å². The Morgan fingerprint density at radius 2 is 0.870 bits per heavy atom. The summed E-state index contributed by atoms with van der Waals surface area (Å²) in [5.41, 5.74) is 0. The van der Waals surface area contributed by atoms with Crippen LogP contribution >= 0.6 is 0 Å². The van der Waals surface area contributed by atoms with E-state index < -0.39 is 74.2 Å². The molecular formula is C58H111NO10. The van der Waals surface area contributed by atoms with Crippen LogP contribution in [0.5, 0.6) is 0 Å². The number of amides is 1. The van der Waals surface area contributed by atoms with Crippen molar-refractivity contribution in [2.45, 2.75) is 326 Å². The van der Waals surface area contributed by atoms with Crippen LogP contribution in [0.1, 0.15) is 271 Å². The molecule has 1 fully saturated rings. The van der Waals surface area contributed by atoms with Crippen molar-refractivity contribution in [1.29, 1.82) is 0 Å². The van der Waals surface area contributed by atoms with Crippen molar-refractivity contribution in [3.63, 3.8) is 0 Å². The molecule has 0 radical (unpaired) electrons. The summed E-state index contributed by atoms with van der Waals surface area (Å²) in [5, 5.41) is 76.1. The van der Waals surface area contributed by atoms with E-state index in [0.717, 1.165) is 57.8 Å². The molecule has 69 heavy (non-hydrogen) atoms. The van der Waals surface area contributed by atoms with Gasteiger partial charge in [-0.2, -0.15) is 0 Å². The second-order valence-corrected chi connectivity index (χ2v) is 20.8. The molecule has 8 N–H and O–H groups in total. The minimum Gasteiger partial charge on any atom is -0.394 e. The van der Waals surface area contributed by atoms with Gasteiger partial charge >= 0.3 is 0 Å².